The molecule has 0 aromatic heterocycles. The summed E-state index contributed by atoms with van der Waals surface area (Å²) in [5, 5.41) is 10.5. The molecule has 1 aromatic rings. The van der Waals surface area contributed by atoms with Gasteiger partial charge in [-0.1, -0.05) is 28.1 Å². The maximum absolute atomic E-state index is 10.5. The van der Waals surface area contributed by atoms with E-state index in [0.29, 0.717) is 6.04 Å². The van der Waals surface area contributed by atoms with Crippen molar-refractivity contribution in [2.45, 2.75) is 31.4 Å². The van der Waals surface area contributed by atoms with E-state index in [1.165, 1.54) is 5.56 Å². The Morgan fingerprint density at radius 1 is 1.44 bits per heavy atom. The Labute approximate surface area is 105 Å². The number of likely N-dealkylation sites (N-methyl/N-ethyl adjacent to an activating group) is 1. The van der Waals surface area contributed by atoms with E-state index in [9.17, 15) is 5.11 Å². The van der Waals surface area contributed by atoms with Crippen LogP contribution in [0.15, 0.2) is 28.7 Å². The lowest BCUT2D eigenvalue weighted by Gasteiger charge is -2.22. The number of nitrogens with zero attached hydrogens (tertiary/aromatic N) is 1. The quantitative estimate of drug-likeness (QED) is 0.901. The molecule has 1 N–H and O–H groups in total. The molecule has 1 fully saturated rings. The van der Waals surface area contributed by atoms with E-state index in [4.69, 9.17) is 0 Å². The highest BCUT2D eigenvalue weighted by atomic mass is 79.9. The van der Waals surface area contributed by atoms with Gasteiger partial charge < -0.3 is 10.0 Å². The van der Waals surface area contributed by atoms with E-state index in [-0.39, 0.29) is 0 Å². The van der Waals surface area contributed by atoms with Crippen LogP contribution in [0.2, 0.25) is 0 Å². The number of halogens is 1. The molecule has 0 aliphatic carbocycles. The molecule has 2 unspecified atom stereocenters. The van der Waals surface area contributed by atoms with E-state index in [1.807, 2.05) is 12.1 Å². The van der Waals surface area contributed by atoms with E-state index in [2.05, 4.69) is 46.9 Å². The number of hydrogen-bond acceptors (Lipinski definition) is 2. The smallest absolute Gasteiger partial charge is 0.0828 e. The predicted molar refractivity (Wildman–Crippen MR) is 69.5 cm³/mol. The second kappa shape index (κ2) is 4.47. The summed E-state index contributed by atoms with van der Waals surface area (Å²) in [6, 6.07) is 8.68. The minimum absolute atomic E-state index is 0.473. The molecule has 0 spiro atoms. The largest absolute Gasteiger partial charge is 0.388 e. The average molecular weight is 284 g/mol. The fraction of sp³-hybridized carbons (Fsp3) is 0.538. The van der Waals surface area contributed by atoms with Gasteiger partial charge in [-0.2, -0.15) is 0 Å². The maximum Gasteiger partial charge on any atom is 0.0828 e. The average Bonchev–Trinajstić information content (AvgIpc) is 2.45. The second-order valence-corrected chi connectivity index (χ2v) is 5.91. The summed E-state index contributed by atoms with van der Waals surface area (Å²) in [6.07, 6.45) is 1.61. The fourth-order valence-corrected chi connectivity index (χ4v) is 2.76. The Morgan fingerprint density at radius 3 is 2.56 bits per heavy atom. The zero-order valence-corrected chi connectivity index (χ0v) is 11.4. The van der Waals surface area contributed by atoms with Crippen molar-refractivity contribution in [3.8, 4) is 0 Å². The molecule has 2 rings (SSSR count). The van der Waals surface area contributed by atoms with Crippen LogP contribution in [0.1, 0.15) is 18.9 Å². The third kappa shape index (κ3) is 2.65. The summed E-state index contributed by atoms with van der Waals surface area (Å²) in [5.74, 6) is 0. The summed E-state index contributed by atoms with van der Waals surface area (Å²) in [5.41, 5.74) is 0.648. The van der Waals surface area contributed by atoms with Gasteiger partial charge in [0, 0.05) is 23.5 Å². The van der Waals surface area contributed by atoms with E-state index < -0.39 is 5.60 Å². The van der Waals surface area contributed by atoms with Crippen molar-refractivity contribution in [3.05, 3.63) is 34.3 Å². The lowest BCUT2D eigenvalue weighted by molar-refractivity contribution is 0.0520. The normalized spacial score (nSPS) is 30.9. The Balaban J connectivity index is 2.07. The molecule has 1 aromatic carbocycles. The molecule has 0 amide bonds. The summed E-state index contributed by atoms with van der Waals surface area (Å²) in [4.78, 5) is 2.22. The Kier molecular flexibility index (Phi) is 3.38. The topological polar surface area (TPSA) is 23.5 Å². The van der Waals surface area contributed by atoms with Crippen LogP contribution in [0.3, 0.4) is 0 Å². The molecule has 0 radical (unpaired) electrons. The molecule has 3 heteroatoms. The molecular formula is C13H18BrNO. The Morgan fingerprint density at radius 2 is 2.06 bits per heavy atom. The molecular weight excluding hydrogens is 266 g/mol. The van der Waals surface area contributed by atoms with Crippen LogP contribution in [-0.2, 0) is 6.42 Å². The molecule has 16 heavy (non-hydrogen) atoms. The first kappa shape index (κ1) is 12.1. The van der Waals surface area contributed by atoms with Gasteiger partial charge >= 0.3 is 0 Å². The van der Waals surface area contributed by atoms with Gasteiger partial charge in [0.1, 0.15) is 0 Å². The zero-order chi connectivity index (χ0) is 11.8. The van der Waals surface area contributed by atoms with Crippen LogP contribution >= 0.6 is 15.9 Å². The van der Waals surface area contributed by atoms with Crippen molar-refractivity contribution in [2.75, 3.05) is 13.6 Å². The van der Waals surface area contributed by atoms with Gasteiger partial charge in [0.15, 0.2) is 0 Å². The molecule has 1 heterocycles. The highest BCUT2D eigenvalue weighted by molar-refractivity contribution is 9.10. The lowest BCUT2D eigenvalue weighted by atomic mass is 9.92. The first-order chi connectivity index (χ1) is 7.48. The molecule has 2 nitrogen and oxygen atoms in total. The van der Waals surface area contributed by atoms with Crippen LogP contribution < -0.4 is 0 Å². The highest BCUT2D eigenvalue weighted by Crippen LogP contribution is 2.29. The van der Waals surface area contributed by atoms with Gasteiger partial charge in [0.25, 0.3) is 0 Å². The van der Waals surface area contributed by atoms with Crippen molar-refractivity contribution < 1.29 is 5.11 Å². The summed E-state index contributed by atoms with van der Waals surface area (Å²) >= 11 is 3.42. The summed E-state index contributed by atoms with van der Waals surface area (Å²) in [6.45, 7) is 2.93. The molecule has 1 aliphatic heterocycles. The third-order valence-corrected chi connectivity index (χ3v) is 3.95. The number of hydrogen-bond donors (Lipinski definition) is 1. The number of rotatable bonds is 2. The lowest BCUT2D eigenvalue weighted by Crippen LogP contribution is -2.34. The van der Waals surface area contributed by atoms with Gasteiger partial charge in [0.05, 0.1) is 5.60 Å². The van der Waals surface area contributed by atoms with Crippen LogP contribution in [0, 0.1) is 0 Å². The summed E-state index contributed by atoms with van der Waals surface area (Å²) < 4.78 is 1.08. The van der Waals surface area contributed by atoms with Crippen molar-refractivity contribution in [1.29, 1.82) is 0 Å². The Hall–Kier alpha value is -0.380. The first-order valence-corrected chi connectivity index (χ1v) is 6.45. The van der Waals surface area contributed by atoms with Crippen LogP contribution in [0.25, 0.3) is 0 Å². The van der Waals surface area contributed by atoms with Crippen LogP contribution in [0.5, 0.6) is 0 Å². The SMILES string of the molecule is CC1CC(O)(Cc2ccc(Br)cc2)CN1C. The van der Waals surface area contributed by atoms with Gasteiger partial charge in [-0.25, -0.2) is 0 Å². The van der Waals surface area contributed by atoms with E-state index >= 15 is 0 Å². The minimum Gasteiger partial charge on any atom is -0.388 e. The monoisotopic (exact) mass is 283 g/mol. The van der Waals surface area contributed by atoms with E-state index in [0.717, 1.165) is 23.9 Å². The molecule has 0 bridgehead atoms. The first-order valence-electron chi connectivity index (χ1n) is 5.66. The number of β-amino-alcohol motifs (C(OH)–C–C–N with tert-alkyl or cyclic N) is 1. The van der Waals surface area contributed by atoms with Crippen molar-refractivity contribution >= 4 is 15.9 Å². The van der Waals surface area contributed by atoms with Crippen molar-refractivity contribution in [1.82, 2.24) is 4.90 Å². The summed E-state index contributed by atoms with van der Waals surface area (Å²) in [7, 11) is 2.07. The van der Waals surface area contributed by atoms with Crippen molar-refractivity contribution in [2.24, 2.45) is 0 Å². The van der Waals surface area contributed by atoms with E-state index in [1.54, 1.807) is 0 Å². The molecule has 88 valence electrons. The molecule has 0 saturated carbocycles. The molecule has 2 atom stereocenters. The minimum atomic E-state index is -0.554. The molecule has 1 saturated heterocycles. The van der Waals surface area contributed by atoms with Gasteiger partial charge in [-0.3, -0.25) is 0 Å². The number of benzene rings is 1. The van der Waals surface area contributed by atoms with Gasteiger partial charge in [-0.15, -0.1) is 0 Å². The van der Waals surface area contributed by atoms with Gasteiger partial charge in [-0.05, 0) is 38.1 Å². The Bertz CT molecular complexity index is 353. The predicted octanol–water partition coefficient (Wildman–Crippen LogP) is 2.45. The zero-order valence-electron chi connectivity index (χ0n) is 9.78. The van der Waals surface area contributed by atoms with Crippen molar-refractivity contribution in [3.63, 3.8) is 0 Å². The maximum atomic E-state index is 10.5. The van der Waals surface area contributed by atoms with Gasteiger partial charge in [0.2, 0.25) is 0 Å². The third-order valence-electron chi connectivity index (χ3n) is 3.42. The fourth-order valence-electron chi connectivity index (χ4n) is 2.50. The highest BCUT2D eigenvalue weighted by Gasteiger charge is 2.38. The standard InChI is InChI=1S/C13H18BrNO/c1-10-7-13(16,9-15(10)2)8-11-3-5-12(14)6-4-11/h3-6,10,16H,7-9H2,1-2H3. The van der Waals surface area contributed by atoms with Crippen LogP contribution in [0.4, 0.5) is 0 Å². The van der Waals surface area contributed by atoms with Crippen LogP contribution in [-0.4, -0.2) is 35.2 Å². The number of likely N-dealkylation sites (tertiary alicyclic amines) is 1. The number of aliphatic hydroxyl groups is 1. The molecule has 1 aliphatic rings. The second-order valence-electron chi connectivity index (χ2n) is 5.00.